The molecule has 0 saturated heterocycles. The summed E-state index contributed by atoms with van der Waals surface area (Å²) in [5, 5.41) is 4.47. The number of carbonyl (C=O) groups is 1. The number of hydrogen-bond acceptors (Lipinski definition) is 3. The fraction of sp³-hybridized carbons (Fsp3) is 0.211. The molecule has 0 spiro atoms. The van der Waals surface area contributed by atoms with Crippen LogP contribution in [0, 0.1) is 6.92 Å². The lowest BCUT2D eigenvalue weighted by molar-refractivity contribution is 0.0978. The number of hydrogen-bond donors (Lipinski definition) is 2. The highest BCUT2D eigenvalue weighted by Gasteiger charge is 2.32. The van der Waals surface area contributed by atoms with Crippen LogP contribution in [-0.4, -0.2) is 22.8 Å². The zero-order valence-electron chi connectivity index (χ0n) is 14.2. The van der Waals surface area contributed by atoms with Crippen molar-refractivity contribution in [2.24, 2.45) is 10.8 Å². The van der Waals surface area contributed by atoms with Gasteiger partial charge >= 0.3 is 0 Å². The van der Waals surface area contributed by atoms with E-state index in [0.717, 1.165) is 22.5 Å². The fourth-order valence-corrected chi connectivity index (χ4v) is 3.11. The first kappa shape index (κ1) is 17.1. The van der Waals surface area contributed by atoms with Gasteiger partial charge in [0.25, 0.3) is 5.91 Å². The Balaban J connectivity index is 2.06. The number of hydrazone groups is 1. The number of carbonyl (C=O) groups excluding carboxylic acids is 1. The Morgan fingerprint density at radius 3 is 2.68 bits per heavy atom. The van der Waals surface area contributed by atoms with Gasteiger partial charge in [0, 0.05) is 23.6 Å². The number of anilines is 1. The third kappa shape index (κ3) is 3.53. The van der Waals surface area contributed by atoms with Crippen LogP contribution >= 0.6 is 12.2 Å². The summed E-state index contributed by atoms with van der Waals surface area (Å²) in [7, 11) is 0. The molecule has 25 heavy (non-hydrogen) atoms. The third-order valence-corrected chi connectivity index (χ3v) is 4.28. The maximum atomic E-state index is 13.1. The van der Waals surface area contributed by atoms with E-state index in [1.165, 1.54) is 0 Å². The smallest absolute Gasteiger partial charge is 0.258 e. The minimum absolute atomic E-state index is 0.0143. The fourth-order valence-electron chi connectivity index (χ4n) is 3.07. The van der Waals surface area contributed by atoms with Crippen LogP contribution < -0.4 is 16.1 Å². The van der Waals surface area contributed by atoms with Crippen molar-refractivity contribution in [2.75, 3.05) is 4.90 Å². The van der Waals surface area contributed by atoms with E-state index in [4.69, 9.17) is 18.0 Å². The van der Waals surface area contributed by atoms with Crippen molar-refractivity contribution in [3.63, 3.8) is 0 Å². The quantitative estimate of drug-likeness (QED) is 0.644. The van der Waals surface area contributed by atoms with Gasteiger partial charge < -0.3 is 10.6 Å². The Labute approximate surface area is 152 Å². The van der Waals surface area contributed by atoms with Crippen LogP contribution in [0.5, 0.6) is 0 Å². The van der Waals surface area contributed by atoms with E-state index >= 15 is 0 Å². The normalized spacial score (nSPS) is 17.9. The average molecular weight is 352 g/mol. The number of thiocarbonyl (C=S) groups is 1. The van der Waals surface area contributed by atoms with Gasteiger partial charge in [0.2, 0.25) is 0 Å². The molecular weight excluding hydrogens is 332 g/mol. The standard InChI is InChI=1S/C19H20N4OS/c1-12-8-9-17-15(10-12)16(21-22-19(20)25)11-13(2)23(17)18(24)14-6-4-3-5-7-14/h3-10,13H,11H2,1-2H3,(H3,20,22,25)/b21-16-/t13-/m1/s1. The van der Waals surface area contributed by atoms with Crippen LogP contribution in [0.1, 0.15) is 34.8 Å². The first-order chi connectivity index (χ1) is 12.0. The molecule has 6 heteroatoms. The van der Waals surface area contributed by atoms with Gasteiger partial charge in [-0.3, -0.25) is 10.2 Å². The van der Waals surface area contributed by atoms with E-state index in [1.54, 1.807) is 0 Å². The maximum absolute atomic E-state index is 13.1. The van der Waals surface area contributed by atoms with Gasteiger partial charge in [0.1, 0.15) is 0 Å². The predicted molar refractivity (Wildman–Crippen MR) is 105 cm³/mol. The molecule has 128 valence electrons. The Bertz CT molecular complexity index is 848. The molecule has 3 rings (SSSR count). The summed E-state index contributed by atoms with van der Waals surface area (Å²) in [5.41, 5.74) is 12.5. The molecule has 0 aromatic heterocycles. The van der Waals surface area contributed by atoms with Crippen LogP contribution in [0.2, 0.25) is 0 Å². The minimum atomic E-state index is -0.0326. The lowest BCUT2D eigenvalue weighted by Crippen LogP contribution is -2.44. The average Bonchev–Trinajstić information content (AvgIpc) is 2.60. The summed E-state index contributed by atoms with van der Waals surface area (Å²) in [4.78, 5) is 14.9. The summed E-state index contributed by atoms with van der Waals surface area (Å²) >= 11 is 4.84. The van der Waals surface area contributed by atoms with Gasteiger partial charge in [0.05, 0.1) is 11.4 Å². The van der Waals surface area contributed by atoms with Crippen molar-refractivity contribution in [1.29, 1.82) is 0 Å². The lowest BCUT2D eigenvalue weighted by Gasteiger charge is -2.36. The van der Waals surface area contributed by atoms with Crippen molar-refractivity contribution in [3.8, 4) is 0 Å². The van der Waals surface area contributed by atoms with E-state index in [2.05, 4.69) is 10.5 Å². The summed E-state index contributed by atoms with van der Waals surface area (Å²) < 4.78 is 0. The molecule has 3 N–H and O–H groups in total. The first-order valence-electron chi connectivity index (χ1n) is 8.09. The molecule has 0 fully saturated rings. The molecule has 0 radical (unpaired) electrons. The molecule has 2 aromatic rings. The van der Waals surface area contributed by atoms with Gasteiger partial charge in [0.15, 0.2) is 5.11 Å². The molecule has 1 aliphatic heterocycles. The number of benzene rings is 2. The van der Waals surface area contributed by atoms with Gasteiger partial charge in [-0.25, -0.2) is 0 Å². The molecule has 0 saturated carbocycles. The molecule has 1 atom stereocenters. The Morgan fingerprint density at radius 2 is 2.00 bits per heavy atom. The van der Waals surface area contributed by atoms with Gasteiger partial charge in [-0.1, -0.05) is 29.8 Å². The Hall–Kier alpha value is -2.73. The number of aryl methyl sites for hydroxylation is 1. The SMILES string of the molecule is Cc1ccc2c(c1)/C(=N\NC(N)=S)C[C@@H](C)N2C(=O)c1ccccc1. The number of nitrogens with zero attached hydrogens (tertiary/aromatic N) is 2. The van der Waals surface area contributed by atoms with Crippen LogP contribution in [0.4, 0.5) is 5.69 Å². The monoisotopic (exact) mass is 352 g/mol. The maximum Gasteiger partial charge on any atom is 0.258 e. The molecule has 2 aromatic carbocycles. The molecule has 1 heterocycles. The second-order valence-electron chi connectivity index (χ2n) is 6.15. The zero-order chi connectivity index (χ0) is 18.0. The summed E-state index contributed by atoms with van der Waals surface area (Å²) in [6, 6.07) is 15.3. The van der Waals surface area contributed by atoms with Crippen molar-refractivity contribution in [3.05, 3.63) is 65.2 Å². The highest BCUT2D eigenvalue weighted by molar-refractivity contribution is 7.80. The van der Waals surface area contributed by atoms with Crippen LogP contribution in [0.15, 0.2) is 53.6 Å². The molecule has 0 aliphatic carbocycles. The van der Waals surface area contributed by atoms with Gasteiger partial charge in [-0.05, 0) is 50.3 Å². The second kappa shape index (κ2) is 7.03. The van der Waals surface area contributed by atoms with Crippen molar-refractivity contribution in [1.82, 2.24) is 5.43 Å². The summed E-state index contributed by atoms with van der Waals surface area (Å²) in [6.07, 6.45) is 0.616. The minimum Gasteiger partial charge on any atom is -0.375 e. The van der Waals surface area contributed by atoms with Gasteiger partial charge in [-0.2, -0.15) is 5.10 Å². The molecule has 5 nitrogen and oxygen atoms in total. The number of fused-ring (bicyclic) bond motifs is 1. The van der Waals surface area contributed by atoms with E-state index in [1.807, 2.05) is 67.3 Å². The highest BCUT2D eigenvalue weighted by atomic mass is 32.1. The molecule has 1 amide bonds. The Kier molecular flexibility index (Phi) is 4.81. The van der Waals surface area contributed by atoms with Crippen LogP contribution in [-0.2, 0) is 0 Å². The number of rotatable bonds is 2. The molecule has 0 unspecified atom stereocenters. The number of nitrogens with one attached hydrogen (secondary N) is 1. The Morgan fingerprint density at radius 1 is 1.28 bits per heavy atom. The van der Waals surface area contributed by atoms with Crippen LogP contribution in [0.3, 0.4) is 0 Å². The van der Waals surface area contributed by atoms with E-state index in [9.17, 15) is 4.79 Å². The van der Waals surface area contributed by atoms with Crippen molar-refractivity contribution >= 4 is 34.6 Å². The lowest BCUT2D eigenvalue weighted by atomic mass is 9.92. The number of amides is 1. The van der Waals surface area contributed by atoms with Crippen molar-refractivity contribution in [2.45, 2.75) is 26.3 Å². The third-order valence-electron chi connectivity index (χ3n) is 4.19. The highest BCUT2D eigenvalue weighted by Crippen LogP contribution is 2.33. The van der Waals surface area contributed by atoms with Crippen molar-refractivity contribution < 1.29 is 4.79 Å². The van der Waals surface area contributed by atoms with E-state index in [-0.39, 0.29) is 17.1 Å². The van der Waals surface area contributed by atoms with E-state index in [0.29, 0.717) is 12.0 Å². The summed E-state index contributed by atoms with van der Waals surface area (Å²) in [6.45, 7) is 4.03. The molecular formula is C19H20N4OS. The van der Waals surface area contributed by atoms with Crippen LogP contribution in [0.25, 0.3) is 0 Å². The number of nitrogens with two attached hydrogens (primary N) is 1. The largest absolute Gasteiger partial charge is 0.375 e. The molecule has 1 aliphatic rings. The second-order valence-corrected chi connectivity index (χ2v) is 6.59. The van der Waals surface area contributed by atoms with E-state index < -0.39 is 0 Å². The predicted octanol–water partition coefficient (Wildman–Crippen LogP) is 2.97. The van der Waals surface area contributed by atoms with Gasteiger partial charge in [-0.15, -0.1) is 0 Å². The zero-order valence-corrected chi connectivity index (χ0v) is 15.0. The molecule has 0 bridgehead atoms. The topological polar surface area (TPSA) is 70.7 Å². The summed E-state index contributed by atoms with van der Waals surface area (Å²) in [5.74, 6) is -0.0143. The first-order valence-corrected chi connectivity index (χ1v) is 8.50.